The molecule has 0 radical (unpaired) electrons. The van der Waals surface area contributed by atoms with Crippen LogP contribution in [0.15, 0.2) is 18.2 Å². The molecule has 1 rings (SSSR count). The molecule has 1 N–H and O–H groups in total. The maximum Gasteiger partial charge on any atom is 0.270 e. The number of rotatable bonds is 6. The highest BCUT2D eigenvalue weighted by Crippen LogP contribution is 1.98. The number of hydrogen-bond donors (Lipinski definition) is 1. The van der Waals surface area contributed by atoms with Gasteiger partial charge < -0.3 is 10.2 Å². The lowest BCUT2D eigenvalue weighted by atomic mass is 10.3. The quantitative estimate of drug-likeness (QED) is 0.788. The number of nitrogens with zero attached hydrogens (tertiary/aromatic N) is 2. The zero-order valence-electron chi connectivity index (χ0n) is 11.1. The van der Waals surface area contributed by atoms with Gasteiger partial charge in [0.2, 0.25) is 11.9 Å². The summed E-state index contributed by atoms with van der Waals surface area (Å²) in [5.74, 6) is -1.20. The van der Waals surface area contributed by atoms with Crippen LogP contribution in [0.2, 0.25) is 0 Å². The molecule has 19 heavy (non-hydrogen) atoms. The number of carbonyl (C=O) groups excluding carboxylic acids is 2. The van der Waals surface area contributed by atoms with Gasteiger partial charge in [-0.15, -0.1) is 0 Å². The Balaban J connectivity index is 2.41. The lowest BCUT2D eigenvalue weighted by molar-refractivity contribution is -0.130. The first kappa shape index (κ1) is 15.1. The van der Waals surface area contributed by atoms with E-state index < -0.39 is 11.9 Å². The van der Waals surface area contributed by atoms with Crippen LogP contribution < -0.4 is 5.32 Å². The number of aromatic nitrogens is 1. The molecule has 0 fully saturated rings. The normalized spacial score (nSPS) is 10.1. The SMILES string of the molecule is CCN(CC)C(=O)CCNC(=O)c1cccc(F)n1. The van der Waals surface area contributed by atoms with Crippen molar-refractivity contribution in [1.29, 1.82) is 0 Å². The predicted octanol–water partition coefficient (Wildman–Crippen LogP) is 1.21. The summed E-state index contributed by atoms with van der Waals surface area (Å²) in [5, 5.41) is 2.54. The Kier molecular flexibility index (Phi) is 5.92. The average molecular weight is 267 g/mol. The first-order valence-corrected chi connectivity index (χ1v) is 6.27. The lowest BCUT2D eigenvalue weighted by Gasteiger charge is -2.18. The van der Waals surface area contributed by atoms with Crippen LogP contribution in [0.25, 0.3) is 0 Å². The number of hydrogen-bond acceptors (Lipinski definition) is 3. The summed E-state index contributed by atoms with van der Waals surface area (Å²) in [6.45, 7) is 5.31. The summed E-state index contributed by atoms with van der Waals surface area (Å²) < 4.78 is 12.8. The van der Waals surface area contributed by atoms with Crippen LogP contribution >= 0.6 is 0 Å². The molecule has 0 bridgehead atoms. The van der Waals surface area contributed by atoms with Crippen molar-refractivity contribution in [1.82, 2.24) is 15.2 Å². The van der Waals surface area contributed by atoms with Crippen molar-refractivity contribution in [2.45, 2.75) is 20.3 Å². The first-order chi connectivity index (χ1) is 9.08. The van der Waals surface area contributed by atoms with Gasteiger partial charge in [-0.25, -0.2) is 4.98 Å². The predicted molar refractivity (Wildman–Crippen MR) is 69.1 cm³/mol. The van der Waals surface area contributed by atoms with Crippen LogP contribution in [0.3, 0.4) is 0 Å². The smallest absolute Gasteiger partial charge is 0.270 e. The third-order valence-electron chi connectivity index (χ3n) is 2.69. The van der Waals surface area contributed by atoms with Gasteiger partial charge in [0.1, 0.15) is 5.69 Å². The second-order valence-electron chi connectivity index (χ2n) is 3.92. The van der Waals surface area contributed by atoms with Crippen molar-refractivity contribution in [3.8, 4) is 0 Å². The highest BCUT2D eigenvalue weighted by Gasteiger charge is 2.11. The van der Waals surface area contributed by atoms with Crippen molar-refractivity contribution < 1.29 is 14.0 Å². The van der Waals surface area contributed by atoms with Crippen LogP contribution in [0.4, 0.5) is 4.39 Å². The molecule has 1 heterocycles. The largest absolute Gasteiger partial charge is 0.350 e. The van der Waals surface area contributed by atoms with E-state index in [1.54, 1.807) is 4.90 Å². The summed E-state index contributed by atoms with van der Waals surface area (Å²) in [6.07, 6.45) is 0.225. The van der Waals surface area contributed by atoms with E-state index in [9.17, 15) is 14.0 Å². The number of carbonyl (C=O) groups is 2. The molecule has 0 atom stereocenters. The number of pyridine rings is 1. The highest BCUT2D eigenvalue weighted by molar-refractivity contribution is 5.92. The molecule has 0 saturated heterocycles. The van der Waals surface area contributed by atoms with Crippen molar-refractivity contribution in [2.24, 2.45) is 0 Å². The third kappa shape index (κ3) is 4.65. The summed E-state index contributed by atoms with van der Waals surface area (Å²) >= 11 is 0. The zero-order valence-corrected chi connectivity index (χ0v) is 11.1. The number of halogens is 1. The molecule has 0 aromatic carbocycles. The van der Waals surface area contributed by atoms with E-state index >= 15 is 0 Å². The summed E-state index contributed by atoms with van der Waals surface area (Å²) in [4.78, 5) is 28.4. The van der Waals surface area contributed by atoms with Crippen molar-refractivity contribution in [3.63, 3.8) is 0 Å². The fraction of sp³-hybridized carbons (Fsp3) is 0.462. The minimum absolute atomic E-state index is 0.00953. The molecular formula is C13H18FN3O2. The van der Waals surface area contributed by atoms with Crippen molar-refractivity contribution >= 4 is 11.8 Å². The Bertz CT molecular complexity index is 447. The van der Waals surface area contributed by atoms with Gasteiger partial charge in [0.25, 0.3) is 5.91 Å². The fourth-order valence-corrected chi connectivity index (χ4v) is 1.64. The zero-order chi connectivity index (χ0) is 14.3. The molecule has 0 unspecified atom stereocenters. The Morgan fingerprint density at radius 1 is 1.32 bits per heavy atom. The van der Waals surface area contributed by atoms with Gasteiger partial charge in [-0.2, -0.15) is 4.39 Å². The van der Waals surface area contributed by atoms with Gasteiger partial charge in [-0.1, -0.05) is 6.07 Å². The molecule has 0 aliphatic carbocycles. The Labute approximate surface area is 111 Å². The van der Waals surface area contributed by atoms with Crippen LogP contribution in [0.5, 0.6) is 0 Å². The lowest BCUT2D eigenvalue weighted by Crippen LogP contribution is -2.34. The second kappa shape index (κ2) is 7.45. The van der Waals surface area contributed by atoms with Crippen LogP contribution in [0, 0.1) is 5.95 Å². The number of nitrogens with one attached hydrogen (secondary N) is 1. The van der Waals surface area contributed by atoms with Crippen LogP contribution in [-0.4, -0.2) is 41.3 Å². The third-order valence-corrected chi connectivity index (χ3v) is 2.69. The monoisotopic (exact) mass is 267 g/mol. The first-order valence-electron chi connectivity index (χ1n) is 6.27. The van der Waals surface area contributed by atoms with E-state index in [2.05, 4.69) is 10.3 Å². The summed E-state index contributed by atoms with van der Waals surface area (Å²) in [6, 6.07) is 4.00. The molecule has 1 aromatic heterocycles. The molecule has 1 aromatic rings. The maximum absolute atomic E-state index is 12.8. The maximum atomic E-state index is 12.8. The summed E-state index contributed by atoms with van der Waals surface area (Å²) in [7, 11) is 0. The van der Waals surface area contributed by atoms with Gasteiger partial charge in [0.15, 0.2) is 0 Å². The van der Waals surface area contributed by atoms with Crippen molar-refractivity contribution in [2.75, 3.05) is 19.6 Å². The van der Waals surface area contributed by atoms with E-state index in [1.807, 2.05) is 13.8 Å². The van der Waals surface area contributed by atoms with Gasteiger partial charge in [0, 0.05) is 26.1 Å². The minimum atomic E-state index is -0.702. The summed E-state index contributed by atoms with van der Waals surface area (Å²) in [5.41, 5.74) is 0.00953. The van der Waals surface area contributed by atoms with Gasteiger partial charge in [-0.05, 0) is 26.0 Å². The standard InChI is InChI=1S/C13H18FN3O2/c1-3-17(4-2)12(18)8-9-15-13(19)10-6-5-7-11(14)16-10/h5-7H,3-4,8-9H2,1-2H3,(H,15,19). The van der Waals surface area contributed by atoms with Crippen LogP contribution in [-0.2, 0) is 4.79 Å². The van der Waals surface area contributed by atoms with E-state index in [-0.39, 0.29) is 24.6 Å². The minimum Gasteiger partial charge on any atom is -0.350 e. The van der Waals surface area contributed by atoms with Crippen LogP contribution in [0.1, 0.15) is 30.8 Å². The molecule has 0 aliphatic rings. The Morgan fingerprint density at radius 2 is 2.00 bits per heavy atom. The molecule has 5 nitrogen and oxygen atoms in total. The van der Waals surface area contributed by atoms with Gasteiger partial charge in [0.05, 0.1) is 0 Å². The molecule has 2 amide bonds. The Hall–Kier alpha value is -1.98. The fourth-order valence-electron chi connectivity index (χ4n) is 1.64. The van der Waals surface area contributed by atoms with E-state index in [1.165, 1.54) is 18.2 Å². The van der Waals surface area contributed by atoms with Gasteiger partial charge in [-0.3, -0.25) is 9.59 Å². The Morgan fingerprint density at radius 3 is 2.58 bits per heavy atom. The highest BCUT2D eigenvalue weighted by atomic mass is 19.1. The van der Waals surface area contributed by atoms with E-state index in [0.29, 0.717) is 13.1 Å². The van der Waals surface area contributed by atoms with Crippen molar-refractivity contribution in [3.05, 3.63) is 29.8 Å². The average Bonchev–Trinajstić information content (AvgIpc) is 2.40. The van der Waals surface area contributed by atoms with Gasteiger partial charge >= 0.3 is 0 Å². The molecule has 6 heteroatoms. The second-order valence-corrected chi connectivity index (χ2v) is 3.92. The molecule has 104 valence electrons. The molecular weight excluding hydrogens is 249 g/mol. The molecule has 0 aliphatic heterocycles. The van der Waals surface area contributed by atoms with E-state index in [0.717, 1.165) is 0 Å². The topological polar surface area (TPSA) is 62.3 Å². The van der Waals surface area contributed by atoms with E-state index in [4.69, 9.17) is 0 Å². The number of amides is 2. The molecule has 0 saturated carbocycles. The molecule has 0 spiro atoms.